The van der Waals surface area contributed by atoms with Crippen LogP contribution in [0.5, 0.6) is 0 Å². The normalized spacial score (nSPS) is 10.7. The van der Waals surface area contributed by atoms with Crippen molar-refractivity contribution in [1.29, 1.82) is 0 Å². The van der Waals surface area contributed by atoms with Crippen molar-refractivity contribution < 1.29 is 0 Å². The lowest BCUT2D eigenvalue weighted by Gasteiger charge is -2.08. The molecule has 3 aromatic rings. The Morgan fingerprint density at radius 3 is 2.80 bits per heavy atom. The lowest BCUT2D eigenvalue weighted by molar-refractivity contribution is 0.683. The van der Waals surface area contributed by atoms with Crippen molar-refractivity contribution in [1.82, 2.24) is 29.8 Å². The summed E-state index contributed by atoms with van der Waals surface area (Å²) in [6.07, 6.45) is 3.44. The molecule has 102 valence electrons. The Hall–Kier alpha value is -2.70. The van der Waals surface area contributed by atoms with Crippen LogP contribution in [0, 0.1) is 0 Å². The number of nitrogens with zero attached hydrogens (tertiary/aromatic N) is 6. The molecule has 0 atom stereocenters. The fourth-order valence-corrected chi connectivity index (χ4v) is 1.98. The number of nitrogens with one attached hydrogen (secondary N) is 1. The highest BCUT2D eigenvalue weighted by atomic mass is 15.4. The first kappa shape index (κ1) is 12.3. The van der Waals surface area contributed by atoms with Crippen LogP contribution in [0.3, 0.4) is 0 Å². The molecule has 3 rings (SSSR count). The third kappa shape index (κ3) is 2.37. The Kier molecular flexibility index (Phi) is 3.16. The van der Waals surface area contributed by atoms with Crippen LogP contribution < -0.4 is 5.32 Å². The summed E-state index contributed by atoms with van der Waals surface area (Å²) in [4.78, 5) is 0. The van der Waals surface area contributed by atoms with Crippen molar-refractivity contribution in [2.75, 3.05) is 5.32 Å². The van der Waals surface area contributed by atoms with Gasteiger partial charge in [0.15, 0.2) is 5.82 Å². The summed E-state index contributed by atoms with van der Waals surface area (Å²) in [5.41, 5.74) is 3.07. The number of hydrogen-bond acceptors (Lipinski definition) is 5. The second-order valence-electron chi connectivity index (χ2n) is 4.55. The molecule has 2 heterocycles. The zero-order chi connectivity index (χ0) is 13.9. The van der Waals surface area contributed by atoms with Gasteiger partial charge < -0.3 is 9.88 Å². The van der Waals surface area contributed by atoms with Crippen molar-refractivity contribution in [3.63, 3.8) is 0 Å². The summed E-state index contributed by atoms with van der Waals surface area (Å²) in [5.74, 6) is 0.843. The van der Waals surface area contributed by atoms with Gasteiger partial charge >= 0.3 is 0 Å². The maximum atomic E-state index is 4.11. The molecule has 1 N–H and O–H groups in total. The molecule has 0 saturated heterocycles. The lowest BCUT2D eigenvalue weighted by Crippen LogP contribution is -2.05. The summed E-state index contributed by atoms with van der Waals surface area (Å²) < 4.78 is 3.64. The first-order valence-corrected chi connectivity index (χ1v) is 6.26. The summed E-state index contributed by atoms with van der Waals surface area (Å²) in [5, 5.41) is 19.1. The Morgan fingerprint density at radius 2 is 2.10 bits per heavy atom. The number of aryl methyl sites for hydroxylation is 2. The van der Waals surface area contributed by atoms with Crippen molar-refractivity contribution in [2.45, 2.75) is 6.54 Å². The van der Waals surface area contributed by atoms with Gasteiger partial charge in [0.2, 0.25) is 0 Å². The van der Waals surface area contributed by atoms with Gasteiger partial charge in [-0.1, -0.05) is 17.3 Å². The van der Waals surface area contributed by atoms with Gasteiger partial charge in [-0.05, 0) is 12.1 Å². The number of anilines is 1. The van der Waals surface area contributed by atoms with Gasteiger partial charge in [0.25, 0.3) is 0 Å². The van der Waals surface area contributed by atoms with Crippen LogP contribution in [-0.4, -0.2) is 29.8 Å². The Labute approximate surface area is 116 Å². The summed E-state index contributed by atoms with van der Waals surface area (Å²) >= 11 is 0. The highest BCUT2D eigenvalue weighted by Gasteiger charge is 2.05. The molecule has 7 heteroatoms. The monoisotopic (exact) mass is 269 g/mol. The van der Waals surface area contributed by atoms with Crippen LogP contribution in [0.15, 0.2) is 36.8 Å². The van der Waals surface area contributed by atoms with E-state index >= 15 is 0 Å². The van der Waals surface area contributed by atoms with Gasteiger partial charge in [-0.25, -0.2) is 0 Å². The number of benzene rings is 1. The second-order valence-corrected chi connectivity index (χ2v) is 4.55. The predicted octanol–water partition coefficient (Wildman–Crippen LogP) is 1.22. The van der Waals surface area contributed by atoms with E-state index in [2.05, 4.69) is 25.8 Å². The van der Waals surface area contributed by atoms with E-state index < -0.39 is 0 Å². The van der Waals surface area contributed by atoms with E-state index in [4.69, 9.17) is 0 Å². The molecule has 2 aromatic heterocycles. The highest BCUT2D eigenvalue weighted by Crippen LogP contribution is 2.20. The van der Waals surface area contributed by atoms with Crippen LogP contribution in [0.1, 0.15) is 5.69 Å². The second kappa shape index (κ2) is 5.12. The minimum Gasteiger partial charge on any atom is -0.379 e. The molecule has 7 nitrogen and oxygen atoms in total. The zero-order valence-electron chi connectivity index (χ0n) is 11.4. The topological polar surface area (TPSA) is 73.5 Å². The van der Waals surface area contributed by atoms with Crippen LogP contribution in [0.25, 0.3) is 11.4 Å². The smallest absolute Gasteiger partial charge is 0.163 e. The molecule has 0 spiro atoms. The third-order valence-corrected chi connectivity index (χ3v) is 3.11. The number of aromatic nitrogens is 6. The Balaban J connectivity index is 1.78. The van der Waals surface area contributed by atoms with E-state index in [1.165, 1.54) is 0 Å². The molecule has 0 saturated carbocycles. The van der Waals surface area contributed by atoms with Crippen molar-refractivity contribution in [3.05, 3.63) is 42.5 Å². The SMILES string of the molecule is Cn1cnnc1-c1cccc(NCc2cnnn2C)c1. The van der Waals surface area contributed by atoms with E-state index in [-0.39, 0.29) is 0 Å². The molecule has 0 radical (unpaired) electrons. The lowest BCUT2D eigenvalue weighted by atomic mass is 10.2. The van der Waals surface area contributed by atoms with Crippen LogP contribution in [0.2, 0.25) is 0 Å². The van der Waals surface area contributed by atoms with Gasteiger partial charge in [0.05, 0.1) is 18.4 Å². The molecule has 0 aliphatic rings. The van der Waals surface area contributed by atoms with Gasteiger partial charge in [-0.2, -0.15) is 0 Å². The molecule has 0 fully saturated rings. The van der Waals surface area contributed by atoms with Crippen molar-refractivity contribution in [2.24, 2.45) is 14.1 Å². The minimum absolute atomic E-state index is 0.672. The molecule has 0 unspecified atom stereocenters. The molecular formula is C13H15N7. The largest absolute Gasteiger partial charge is 0.379 e. The zero-order valence-corrected chi connectivity index (χ0v) is 11.4. The molecule has 0 aliphatic heterocycles. The Bertz CT molecular complexity index is 713. The predicted molar refractivity (Wildman–Crippen MR) is 74.8 cm³/mol. The average Bonchev–Trinajstić information content (AvgIpc) is 3.05. The highest BCUT2D eigenvalue weighted by molar-refractivity contribution is 5.62. The van der Waals surface area contributed by atoms with Gasteiger partial charge in [-0.3, -0.25) is 4.68 Å². The van der Waals surface area contributed by atoms with E-state index in [0.29, 0.717) is 6.54 Å². The average molecular weight is 269 g/mol. The fourth-order valence-electron chi connectivity index (χ4n) is 1.98. The third-order valence-electron chi connectivity index (χ3n) is 3.11. The minimum atomic E-state index is 0.672. The van der Waals surface area contributed by atoms with Gasteiger partial charge in [0.1, 0.15) is 6.33 Å². The Morgan fingerprint density at radius 1 is 1.20 bits per heavy atom. The summed E-state index contributed by atoms with van der Waals surface area (Å²) in [6.45, 7) is 0.672. The van der Waals surface area contributed by atoms with Crippen molar-refractivity contribution in [3.8, 4) is 11.4 Å². The molecule has 0 amide bonds. The maximum absolute atomic E-state index is 4.11. The van der Waals surface area contributed by atoms with E-state index in [0.717, 1.165) is 22.8 Å². The summed E-state index contributed by atoms with van der Waals surface area (Å²) in [6, 6.07) is 8.08. The maximum Gasteiger partial charge on any atom is 0.163 e. The number of hydrogen-bond donors (Lipinski definition) is 1. The molecular weight excluding hydrogens is 254 g/mol. The summed E-state index contributed by atoms with van der Waals surface area (Å²) in [7, 11) is 3.80. The fraction of sp³-hybridized carbons (Fsp3) is 0.231. The first-order valence-electron chi connectivity index (χ1n) is 6.26. The van der Waals surface area contributed by atoms with Gasteiger partial charge in [-0.15, -0.1) is 15.3 Å². The van der Waals surface area contributed by atoms with Gasteiger partial charge in [0, 0.05) is 25.3 Å². The molecule has 0 aliphatic carbocycles. The van der Waals surface area contributed by atoms with E-state index in [9.17, 15) is 0 Å². The molecule has 0 bridgehead atoms. The molecule has 1 aromatic carbocycles. The quantitative estimate of drug-likeness (QED) is 0.771. The van der Waals surface area contributed by atoms with Crippen molar-refractivity contribution >= 4 is 5.69 Å². The molecule has 20 heavy (non-hydrogen) atoms. The van der Waals surface area contributed by atoms with Crippen LogP contribution in [-0.2, 0) is 20.6 Å². The standard InChI is InChI=1S/C13H15N7/c1-19-9-16-17-13(19)10-4-3-5-11(6-10)14-7-12-8-15-18-20(12)2/h3-6,8-9,14H,7H2,1-2H3. The first-order chi connectivity index (χ1) is 9.74. The van der Waals surface area contributed by atoms with E-state index in [1.54, 1.807) is 17.2 Å². The van der Waals surface area contributed by atoms with Crippen LogP contribution >= 0.6 is 0 Å². The van der Waals surface area contributed by atoms with E-state index in [1.807, 2.05) is 42.9 Å². The number of rotatable bonds is 4. The van der Waals surface area contributed by atoms with Crippen LogP contribution in [0.4, 0.5) is 5.69 Å².